The topological polar surface area (TPSA) is 42.1 Å². The summed E-state index contributed by atoms with van der Waals surface area (Å²) in [6.45, 7) is 2.35. The van der Waals surface area contributed by atoms with Gasteiger partial charge in [0.15, 0.2) is 0 Å². The minimum absolute atomic E-state index is 0.443. The number of pyridine rings is 1. The fourth-order valence-electron chi connectivity index (χ4n) is 2.69. The van der Waals surface area contributed by atoms with Gasteiger partial charge in [0.1, 0.15) is 5.82 Å². The summed E-state index contributed by atoms with van der Waals surface area (Å²) in [6.07, 6.45) is 3.97. The first-order valence-electron chi connectivity index (χ1n) is 6.94. The highest BCUT2D eigenvalue weighted by molar-refractivity contribution is 6.31. The number of rotatable bonds is 2. The minimum Gasteiger partial charge on any atom is -0.352 e. The molecule has 104 valence electrons. The predicted octanol–water partition coefficient (Wildman–Crippen LogP) is 3.15. The van der Waals surface area contributed by atoms with Gasteiger partial charge < -0.3 is 10.6 Å². The van der Waals surface area contributed by atoms with Gasteiger partial charge in [-0.1, -0.05) is 35.9 Å². The number of fused-ring (bicyclic) bond motifs is 1. The lowest BCUT2D eigenvalue weighted by Crippen LogP contribution is -2.23. The molecule has 2 aromatic rings. The smallest absolute Gasteiger partial charge is 0.129 e. The molecule has 0 aliphatic carbocycles. The van der Waals surface area contributed by atoms with Crippen LogP contribution in [0.5, 0.6) is 0 Å². The van der Waals surface area contributed by atoms with E-state index in [1.807, 2.05) is 6.07 Å². The van der Waals surface area contributed by atoms with Crippen molar-refractivity contribution < 1.29 is 0 Å². The molecule has 0 spiro atoms. The van der Waals surface area contributed by atoms with Crippen LogP contribution >= 0.6 is 11.6 Å². The normalized spacial score (nSPS) is 14.8. The van der Waals surface area contributed by atoms with Gasteiger partial charge in [-0.2, -0.15) is 0 Å². The van der Waals surface area contributed by atoms with Crippen LogP contribution in [0.3, 0.4) is 0 Å². The number of aryl methyl sites for hydroxylation is 1. The maximum Gasteiger partial charge on any atom is 0.129 e. The summed E-state index contributed by atoms with van der Waals surface area (Å²) in [5, 5.41) is 0.645. The van der Waals surface area contributed by atoms with Crippen LogP contribution in [-0.4, -0.2) is 11.5 Å². The second kappa shape index (κ2) is 5.81. The van der Waals surface area contributed by atoms with Crippen LogP contribution < -0.4 is 10.6 Å². The van der Waals surface area contributed by atoms with Crippen LogP contribution in [0.25, 0.3) is 0 Å². The van der Waals surface area contributed by atoms with Gasteiger partial charge in [-0.05, 0) is 35.6 Å². The van der Waals surface area contributed by atoms with E-state index in [9.17, 15) is 0 Å². The second-order valence-electron chi connectivity index (χ2n) is 5.13. The Morgan fingerprint density at radius 3 is 2.85 bits per heavy atom. The maximum absolute atomic E-state index is 6.09. The van der Waals surface area contributed by atoms with Crippen molar-refractivity contribution in [1.82, 2.24) is 4.98 Å². The number of hydrogen-bond donors (Lipinski definition) is 1. The summed E-state index contributed by atoms with van der Waals surface area (Å²) < 4.78 is 0. The fourth-order valence-corrected chi connectivity index (χ4v) is 2.87. The Balaban J connectivity index is 1.91. The van der Waals surface area contributed by atoms with Gasteiger partial charge in [0, 0.05) is 25.8 Å². The Bertz CT molecular complexity index is 612. The summed E-state index contributed by atoms with van der Waals surface area (Å²) in [7, 11) is 0. The van der Waals surface area contributed by atoms with E-state index in [0.717, 1.165) is 37.3 Å². The number of nitrogens with zero attached hydrogens (tertiary/aromatic N) is 2. The molecule has 1 aliphatic rings. The molecule has 1 aliphatic heterocycles. The van der Waals surface area contributed by atoms with Gasteiger partial charge in [0.2, 0.25) is 0 Å². The average molecular weight is 288 g/mol. The number of anilines is 1. The summed E-state index contributed by atoms with van der Waals surface area (Å²) in [5.74, 6) is 0.964. The first-order chi connectivity index (χ1) is 9.78. The third kappa shape index (κ3) is 2.65. The van der Waals surface area contributed by atoms with E-state index >= 15 is 0 Å². The van der Waals surface area contributed by atoms with Gasteiger partial charge in [-0.3, -0.25) is 0 Å². The first-order valence-corrected chi connectivity index (χ1v) is 7.32. The summed E-state index contributed by atoms with van der Waals surface area (Å²) in [5.41, 5.74) is 9.51. The molecule has 0 fully saturated rings. The zero-order chi connectivity index (χ0) is 13.9. The van der Waals surface area contributed by atoms with Crippen LogP contribution in [-0.2, 0) is 19.5 Å². The van der Waals surface area contributed by atoms with Crippen LogP contribution in [0.2, 0.25) is 5.02 Å². The van der Waals surface area contributed by atoms with Gasteiger partial charge in [0.05, 0.1) is 5.02 Å². The number of aromatic nitrogens is 1. The van der Waals surface area contributed by atoms with Crippen molar-refractivity contribution in [3.63, 3.8) is 0 Å². The molecule has 1 aromatic heterocycles. The average Bonchev–Trinajstić information content (AvgIpc) is 2.70. The van der Waals surface area contributed by atoms with Gasteiger partial charge in [-0.25, -0.2) is 4.98 Å². The molecule has 3 nitrogen and oxygen atoms in total. The predicted molar refractivity (Wildman–Crippen MR) is 83.0 cm³/mol. The molecule has 4 heteroatoms. The van der Waals surface area contributed by atoms with Crippen molar-refractivity contribution >= 4 is 17.4 Å². The van der Waals surface area contributed by atoms with Crippen LogP contribution in [0.4, 0.5) is 5.82 Å². The zero-order valence-corrected chi connectivity index (χ0v) is 12.1. The molecule has 3 rings (SSSR count). The number of benzene rings is 1. The monoisotopic (exact) mass is 287 g/mol. The van der Waals surface area contributed by atoms with E-state index in [4.69, 9.17) is 17.3 Å². The Morgan fingerprint density at radius 1 is 1.25 bits per heavy atom. The number of nitrogens with two attached hydrogens (primary N) is 1. The molecular formula is C16H18ClN3. The van der Waals surface area contributed by atoms with E-state index in [0.29, 0.717) is 11.6 Å². The molecular weight excluding hydrogens is 270 g/mol. The Labute approximate surface area is 124 Å². The minimum atomic E-state index is 0.443. The van der Waals surface area contributed by atoms with Crippen LogP contribution in [0.1, 0.15) is 23.1 Å². The third-order valence-electron chi connectivity index (χ3n) is 3.82. The summed E-state index contributed by atoms with van der Waals surface area (Å²) in [4.78, 5) is 6.77. The molecule has 0 saturated heterocycles. The lowest BCUT2D eigenvalue weighted by molar-refractivity contribution is 0.753. The zero-order valence-electron chi connectivity index (χ0n) is 11.3. The molecule has 0 atom stereocenters. The lowest BCUT2D eigenvalue weighted by atomic mass is 10.0. The highest BCUT2D eigenvalue weighted by atomic mass is 35.5. The third-order valence-corrected chi connectivity index (χ3v) is 4.16. The van der Waals surface area contributed by atoms with Crippen LogP contribution in [0, 0.1) is 0 Å². The Hall–Kier alpha value is -1.58. The maximum atomic E-state index is 6.09. The van der Waals surface area contributed by atoms with Gasteiger partial charge in [0.25, 0.3) is 0 Å². The van der Waals surface area contributed by atoms with Gasteiger partial charge >= 0.3 is 0 Å². The Morgan fingerprint density at radius 2 is 2.05 bits per heavy atom. The molecule has 0 saturated carbocycles. The van der Waals surface area contributed by atoms with Crippen molar-refractivity contribution in [3.05, 3.63) is 58.2 Å². The van der Waals surface area contributed by atoms with E-state index in [1.165, 1.54) is 11.1 Å². The number of hydrogen-bond acceptors (Lipinski definition) is 3. The highest BCUT2D eigenvalue weighted by Gasteiger charge is 2.16. The fraction of sp³-hybridized carbons (Fsp3) is 0.312. The molecule has 1 aromatic carbocycles. The molecule has 2 N–H and O–H groups in total. The Kier molecular flexibility index (Phi) is 3.90. The quantitative estimate of drug-likeness (QED) is 0.923. The summed E-state index contributed by atoms with van der Waals surface area (Å²) in [6, 6.07) is 10.6. The first kappa shape index (κ1) is 13.4. The van der Waals surface area contributed by atoms with Crippen molar-refractivity contribution in [2.24, 2.45) is 5.73 Å². The van der Waals surface area contributed by atoms with Gasteiger partial charge in [-0.15, -0.1) is 0 Å². The molecule has 2 heterocycles. The van der Waals surface area contributed by atoms with E-state index in [2.05, 4.69) is 34.1 Å². The second-order valence-corrected chi connectivity index (χ2v) is 5.54. The molecule has 0 amide bonds. The SMILES string of the molecule is NCc1cc(N2CCCc3ccccc3C2)ncc1Cl. The van der Waals surface area contributed by atoms with E-state index in [-0.39, 0.29) is 0 Å². The van der Waals surface area contributed by atoms with E-state index < -0.39 is 0 Å². The van der Waals surface area contributed by atoms with E-state index in [1.54, 1.807) is 6.20 Å². The molecule has 0 bridgehead atoms. The van der Waals surface area contributed by atoms with Crippen molar-refractivity contribution in [3.8, 4) is 0 Å². The largest absolute Gasteiger partial charge is 0.352 e. The van der Waals surface area contributed by atoms with Crippen molar-refractivity contribution in [1.29, 1.82) is 0 Å². The summed E-state index contributed by atoms with van der Waals surface area (Å²) >= 11 is 6.09. The number of halogens is 1. The molecule has 0 unspecified atom stereocenters. The highest BCUT2D eigenvalue weighted by Crippen LogP contribution is 2.25. The van der Waals surface area contributed by atoms with Crippen LogP contribution in [0.15, 0.2) is 36.5 Å². The lowest BCUT2D eigenvalue weighted by Gasteiger charge is -2.22. The standard InChI is InChI=1S/C16H18ClN3/c17-15-10-19-16(8-14(15)9-18)20-7-3-6-12-4-1-2-5-13(12)11-20/h1-2,4-5,8,10H,3,6-7,9,11,18H2. The van der Waals surface area contributed by atoms with Crippen molar-refractivity contribution in [2.45, 2.75) is 25.9 Å². The molecule has 20 heavy (non-hydrogen) atoms. The van der Waals surface area contributed by atoms with Crippen molar-refractivity contribution in [2.75, 3.05) is 11.4 Å². The molecule has 0 radical (unpaired) electrons.